The molecule has 0 amide bonds. The van der Waals surface area contributed by atoms with Gasteiger partial charge in [-0.25, -0.2) is 0 Å². The van der Waals surface area contributed by atoms with Gasteiger partial charge in [-0.1, -0.05) is 11.6 Å². The maximum Gasteiger partial charge on any atom is 0.101 e. The van der Waals surface area contributed by atoms with E-state index in [1.54, 1.807) is 23.5 Å². The summed E-state index contributed by atoms with van der Waals surface area (Å²) >= 11 is 11.1. The molecule has 0 fully saturated rings. The lowest BCUT2D eigenvalue weighted by molar-refractivity contribution is 1.04. The number of rotatable bonds is 4. The highest BCUT2D eigenvalue weighted by Crippen LogP contribution is 2.23. The van der Waals surface area contributed by atoms with Crippen LogP contribution in [0.2, 0.25) is 5.02 Å². The lowest BCUT2D eigenvalue weighted by Crippen LogP contribution is -2.03. The molecule has 2 nitrogen and oxygen atoms in total. The van der Waals surface area contributed by atoms with Crippen LogP contribution in [0.25, 0.3) is 0 Å². The summed E-state index contributed by atoms with van der Waals surface area (Å²) in [6, 6.07) is 11.6. The van der Waals surface area contributed by atoms with Gasteiger partial charge in [0.1, 0.15) is 6.07 Å². The highest BCUT2D eigenvalue weighted by molar-refractivity contribution is 9.11. The van der Waals surface area contributed by atoms with Crippen LogP contribution in [0.3, 0.4) is 0 Å². The maximum atomic E-state index is 8.78. The van der Waals surface area contributed by atoms with Crippen LogP contribution < -0.4 is 5.32 Å². The van der Waals surface area contributed by atoms with Crippen molar-refractivity contribution in [1.29, 1.82) is 5.26 Å². The Kier molecular flexibility index (Phi) is 4.65. The second-order valence-electron chi connectivity index (χ2n) is 3.69. The molecular formula is C13H10BrClN2S. The SMILES string of the molecule is N#Cc1ccc(NCCc2ccc(Br)s2)cc1Cl. The van der Waals surface area contributed by atoms with E-state index in [0.29, 0.717) is 10.6 Å². The van der Waals surface area contributed by atoms with Gasteiger partial charge in [0.25, 0.3) is 0 Å². The van der Waals surface area contributed by atoms with Crippen LogP contribution in [0, 0.1) is 11.3 Å². The first-order valence-electron chi connectivity index (χ1n) is 5.37. The Balaban J connectivity index is 1.91. The Morgan fingerprint density at radius 2 is 2.17 bits per heavy atom. The Morgan fingerprint density at radius 1 is 1.33 bits per heavy atom. The van der Waals surface area contributed by atoms with Crippen LogP contribution in [0.15, 0.2) is 34.1 Å². The highest BCUT2D eigenvalue weighted by Gasteiger charge is 2.01. The van der Waals surface area contributed by atoms with Gasteiger partial charge in [-0.15, -0.1) is 11.3 Å². The fourth-order valence-corrected chi connectivity index (χ4v) is 3.24. The summed E-state index contributed by atoms with van der Waals surface area (Å²) in [5.41, 5.74) is 1.44. The number of benzene rings is 1. The van der Waals surface area contributed by atoms with Gasteiger partial charge >= 0.3 is 0 Å². The molecule has 0 radical (unpaired) electrons. The standard InChI is InChI=1S/C13H10BrClN2S/c14-13-4-3-11(18-13)5-6-17-10-2-1-9(8-16)12(15)7-10/h1-4,7,17H,5-6H2. The quantitative estimate of drug-likeness (QED) is 0.875. The lowest BCUT2D eigenvalue weighted by atomic mass is 10.2. The molecule has 18 heavy (non-hydrogen) atoms. The molecule has 5 heteroatoms. The van der Waals surface area contributed by atoms with Crippen molar-refractivity contribution in [3.63, 3.8) is 0 Å². The summed E-state index contributed by atoms with van der Waals surface area (Å²) < 4.78 is 1.15. The average molecular weight is 342 g/mol. The first kappa shape index (κ1) is 13.4. The predicted molar refractivity (Wildman–Crippen MR) is 80.4 cm³/mol. The summed E-state index contributed by atoms with van der Waals surface area (Å²) in [5.74, 6) is 0. The van der Waals surface area contributed by atoms with Crippen LogP contribution in [0.5, 0.6) is 0 Å². The summed E-state index contributed by atoms with van der Waals surface area (Å²) in [7, 11) is 0. The molecule has 0 bridgehead atoms. The van der Waals surface area contributed by atoms with Crippen molar-refractivity contribution in [3.05, 3.63) is 49.6 Å². The molecule has 2 aromatic rings. The molecule has 92 valence electrons. The molecule has 2 rings (SSSR count). The fraction of sp³-hybridized carbons (Fsp3) is 0.154. The zero-order valence-corrected chi connectivity index (χ0v) is 12.6. The molecule has 0 unspecified atom stereocenters. The third kappa shape index (κ3) is 3.49. The monoisotopic (exact) mass is 340 g/mol. The number of hydrogen-bond acceptors (Lipinski definition) is 3. The summed E-state index contributed by atoms with van der Waals surface area (Å²) in [5, 5.41) is 12.6. The smallest absolute Gasteiger partial charge is 0.101 e. The molecule has 0 saturated heterocycles. The molecule has 1 heterocycles. The topological polar surface area (TPSA) is 35.8 Å². The third-order valence-corrected chi connectivity index (χ3v) is 4.42. The van der Waals surface area contributed by atoms with Gasteiger partial charge in [0.05, 0.1) is 14.4 Å². The van der Waals surface area contributed by atoms with Gasteiger partial charge in [0, 0.05) is 17.1 Å². The minimum Gasteiger partial charge on any atom is -0.385 e. The van der Waals surface area contributed by atoms with Gasteiger partial charge in [-0.05, 0) is 52.7 Å². The first-order valence-corrected chi connectivity index (χ1v) is 7.35. The zero-order valence-electron chi connectivity index (χ0n) is 9.41. The van der Waals surface area contributed by atoms with Crippen LogP contribution in [-0.2, 0) is 6.42 Å². The lowest BCUT2D eigenvalue weighted by Gasteiger charge is -2.06. The van der Waals surface area contributed by atoms with E-state index in [1.165, 1.54) is 4.88 Å². The van der Waals surface area contributed by atoms with Crippen molar-refractivity contribution in [3.8, 4) is 6.07 Å². The first-order chi connectivity index (χ1) is 8.69. The molecule has 0 aliphatic heterocycles. The van der Waals surface area contributed by atoms with Crippen molar-refractivity contribution >= 4 is 44.6 Å². The van der Waals surface area contributed by atoms with Crippen LogP contribution >= 0.6 is 38.9 Å². The number of anilines is 1. The molecule has 0 spiro atoms. The summed E-state index contributed by atoms with van der Waals surface area (Å²) in [4.78, 5) is 1.33. The molecule has 0 aliphatic rings. The van der Waals surface area contributed by atoms with E-state index >= 15 is 0 Å². The molecule has 1 aromatic heterocycles. The van der Waals surface area contributed by atoms with Crippen molar-refractivity contribution in [1.82, 2.24) is 0 Å². The van der Waals surface area contributed by atoms with E-state index in [4.69, 9.17) is 16.9 Å². The third-order valence-electron chi connectivity index (χ3n) is 2.42. The van der Waals surface area contributed by atoms with E-state index in [9.17, 15) is 0 Å². The Bertz CT molecular complexity index is 589. The van der Waals surface area contributed by atoms with Crippen LogP contribution in [0.4, 0.5) is 5.69 Å². The normalized spacial score (nSPS) is 10.1. The van der Waals surface area contributed by atoms with Gasteiger partial charge in [0.2, 0.25) is 0 Å². The van der Waals surface area contributed by atoms with E-state index < -0.39 is 0 Å². The summed E-state index contributed by atoms with van der Waals surface area (Å²) in [6.07, 6.45) is 0.966. The number of halogens is 2. The Hall–Kier alpha value is -1.02. The molecule has 0 atom stereocenters. The van der Waals surface area contributed by atoms with Gasteiger partial charge in [-0.3, -0.25) is 0 Å². The largest absolute Gasteiger partial charge is 0.385 e. The number of hydrogen-bond donors (Lipinski definition) is 1. The van der Waals surface area contributed by atoms with Crippen molar-refractivity contribution in [2.24, 2.45) is 0 Å². The molecule has 0 saturated carbocycles. The molecular weight excluding hydrogens is 332 g/mol. The number of thiophene rings is 1. The Morgan fingerprint density at radius 3 is 2.78 bits per heavy atom. The minimum atomic E-state index is 0.487. The van der Waals surface area contributed by atoms with Gasteiger partial charge < -0.3 is 5.32 Å². The van der Waals surface area contributed by atoms with Gasteiger partial charge in [0.15, 0.2) is 0 Å². The van der Waals surface area contributed by atoms with Crippen molar-refractivity contribution in [2.75, 3.05) is 11.9 Å². The van der Waals surface area contributed by atoms with E-state index in [2.05, 4.69) is 33.4 Å². The predicted octanol–water partition coefficient (Wildman–Crippen LogP) is 4.69. The summed E-state index contributed by atoms with van der Waals surface area (Å²) in [6.45, 7) is 0.842. The maximum absolute atomic E-state index is 8.78. The highest BCUT2D eigenvalue weighted by atomic mass is 79.9. The van der Waals surface area contributed by atoms with E-state index in [-0.39, 0.29) is 0 Å². The van der Waals surface area contributed by atoms with E-state index in [1.807, 2.05) is 12.1 Å². The fourth-order valence-electron chi connectivity index (χ4n) is 1.53. The second kappa shape index (κ2) is 6.24. The van der Waals surface area contributed by atoms with Crippen molar-refractivity contribution < 1.29 is 0 Å². The van der Waals surface area contributed by atoms with E-state index in [0.717, 1.165) is 22.4 Å². The second-order valence-corrected chi connectivity index (χ2v) is 6.64. The van der Waals surface area contributed by atoms with Crippen molar-refractivity contribution in [2.45, 2.75) is 6.42 Å². The number of nitrogens with zero attached hydrogens (tertiary/aromatic N) is 1. The number of nitrogens with one attached hydrogen (secondary N) is 1. The van der Waals surface area contributed by atoms with Crippen LogP contribution in [-0.4, -0.2) is 6.54 Å². The minimum absolute atomic E-state index is 0.487. The average Bonchev–Trinajstić information content (AvgIpc) is 2.75. The number of nitriles is 1. The molecule has 1 N–H and O–H groups in total. The molecule has 1 aromatic carbocycles. The molecule has 0 aliphatic carbocycles. The Labute approximate surface area is 123 Å². The zero-order chi connectivity index (χ0) is 13.0. The van der Waals surface area contributed by atoms with Gasteiger partial charge in [-0.2, -0.15) is 5.26 Å². The van der Waals surface area contributed by atoms with Crippen LogP contribution in [0.1, 0.15) is 10.4 Å².